The van der Waals surface area contributed by atoms with E-state index < -0.39 is 0 Å². The minimum absolute atomic E-state index is 0.385. The van der Waals surface area contributed by atoms with Gasteiger partial charge in [-0.05, 0) is 61.2 Å². The van der Waals surface area contributed by atoms with Gasteiger partial charge < -0.3 is 10.2 Å². The lowest BCUT2D eigenvalue weighted by Crippen LogP contribution is -2.26. The highest BCUT2D eigenvalue weighted by Crippen LogP contribution is 2.61. The predicted octanol–water partition coefficient (Wildman–Crippen LogP) is 1.27. The molecular formula is C12H20O2. The second-order valence-electron chi connectivity index (χ2n) is 5.69. The molecule has 3 fully saturated rings. The van der Waals surface area contributed by atoms with Crippen molar-refractivity contribution in [1.29, 1.82) is 0 Å². The van der Waals surface area contributed by atoms with Crippen LogP contribution in [0.3, 0.4) is 0 Å². The van der Waals surface area contributed by atoms with Crippen LogP contribution in [0.15, 0.2) is 0 Å². The zero-order valence-electron chi connectivity index (χ0n) is 8.60. The van der Waals surface area contributed by atoms with Crippen LogP contribution in [0.25, 0.3) is 0 Å². The maximum Gasteiger partial charge on any atom is 0.0462 e. The summed E-state index contributed by atoms with van der Waals surface area (Å²) < 4.78 is 0. The molecule has 2 nitrogen and oxygen atoms in total. The lowest BCUT2D eigenvalue weighted by Gasteiger charge is -2.30. The van der Waals surface area contributed by atoms with Gasteiger partial charge >= 0.3 is 0 Å². The van der Waals surface area contributed by atoms with Crippen molar-refractivity contribution in [3.8, 4) is 0 Å². The van der Waals surface area contributed by atoms with Crippen LogP contribution in [0.2, 0.25) is 0 Å². The fourth-order valence-electron chi connectivity index (χ4n) is 4.68. The molecule has 0 aromatic rings. The smallest absolute Gasteiger partial charge is 0.0462 e. The molecule has 2 N–H and O–H groups in total. The Labute approximate surface area is 85.3 Å². The van der Waals surface area contributed by atoms with Gasteiger partial charge in [0.2, 0.25) is 0 Å². The van der Waals surface area contributed by atoms with E-state index in [0.29, 0.717) is 25.0 Å². The molecule has 0 aromatic carbocycles. The number of hydrogen-bond acceptors (Lipinski definition) is 2. The van der Waals surface area contributed by atoms with Gasteiger partial charge in [0, 0.05) is 13.2 Å². The lowest BCUT2D eigenvalue weighted by molar-refractivity contribution is 0.120. The minimum Gasteiger partial charge on any atom is -0.396 e. The van der Waals surface area contributed by atoms with E-state index in [0.717, 1.165) is 23.7 Å². The molecule has 0 spiro atoms. The molecule has 3 rings (SSSR count). The molecule has 14 heavy (non-hydrogen) atoms. The molecule has 0 saturated heterocycles. The molecule has 0 heterocycles. The van der Waals surface area contributed by atoms with Crippen LogP contribution in [-0.2, 0) is 0 Å². The summed E-state index contributed by atoms with van der Waals surface area (Å²) in [7, 11) is 0. The second kappa shape index (κ2) is 3.21. The summed E-state index contributed by atoms with van der Waals surface area (Å²) in [5, 5.41) is 18.5. The molecule has 0 amide bonds. The highest BCUT2D eigenvalue weighted by molar-refractivity contribution is 5.04. The fourth-order valence-corrected chi connectivity index (χ4v) is 4.68. The summed E-state index contributed by atoms with van der Waals surface area (Å²) in [4.78, 5) is 0. The Morgan fingerprint density at radius 1 is 0.786 bits per heavy atom. The van der Waals surface area contributed by atoms with Gasteiger partial charge in [-0.25, -0.2) is 0 Å². The standard InChI is InChI=1S/C12H20O2/c13-5-7-1-10-8-3-9(6-14)11(4-8)12(10)2-7/h7-14H,1-6H2/t7-,8?,9-,10?,11?,12?/m1/s1. The summed E-state index contributed by atoms with van der Waals surface area (Å²) >= 11 is 0. The third-order valence-corrected chi connectivity index (χ3v) is 5.20. The SMILES string of the molecule is OC[C@@H]1CC2C3CC(C2C1)[C@@H](CO)C3. The summed E-state index contributed by atoms with van der Waals surface area (Å²) in [6.45, 7) is 0.782. The maximum absolute atomic E-state index is 9.28. The van der Waals surface area contributed by atoms with E-state index in [1.807, 2.05) is 0 Å². The largest absolute Gasteiger partial charge is 0.396 e. The van der Waals surface area contributed by atoms with Crippen molar-refractivity contribution in [2.24, 2.45) is 35.5 Å². The third kappa shape index (κ3) is 1.10. The van der Waals surface area contributed by atoms with Crippen molar-refractivity contribution in [2.45, 2.75) is 25.7 Å². The highest BCUT2D eigenvalue weighted by Gasteiger charge is 2.55. The summed E-state index contributed by atoms with van der Waals surface area (Å²) in [5.74, 6) is 4.61. The fraction of sp³-hybridized carbons (Fsp3) is 1.00. The highest BCUT2D eigenvalue weighted by atomic mass is 16.3. The Hall–Kier alpha value is -0.0800. The molecule has 3 aliphatic rings. The van der Waals surface area contributed by atoms with Crippen molar-refractivity contribution in [3.63, 3.8) is 0 Å². The number of fused-ring (bicyclic) bond motifs is 5. The van der Waals surface area contributed by atoms with E-state index in [1.54, 1.807) is 0 Å². The number of hydrogen-bond donors (Lipinski definition) is 2. The molecule has 3 aliphatic carbocycles. The second-order valence-corrected chi connectivity index (χ2v) is 5.69. The van der Waals surface area contributed by atoms with E-state index in [1.165, 1.54) is 25.7 Å². The number of aliphatic hydroxyl groups excluding tert-OH is 2. The van der Waals surface area contributed by atoms with Crippen molar-refractivity contribution >= 4 is 0 Å². The topological polar surface area (TPSA) is 40.5 Å². The van der Waals surface area contributed by atoms with Crippen LogP contribution < -0.4 is 0 Å². The summed E-state index contributed by atoms with van der Waals surface area (Å²) in [6.07, 6.45) is 5.14. The predicted molar refractivity (Wildman–Crippen MR) is 53.6 cm³/mol. The lowest BCUT2D eigenvalue weighted by atomic mass is 9.76. The van der Waals surface area contributed by atoms with Crippen LogP contribution in [0.4, 0.5) is 0 Å². The average Bonchev–Trinajstić information content (AvgIpc) is 2.87. The van der Waals surface area contributed by atoms with Crippen molar-refractivity contribution in [1.82, 2.24) is 0 Å². The van der Waals surface area contributed by atoms with Crippen LogP contribution in [0.1, 0.15) is 25.7 Å². The van der Waals surface area contributed by atoms with E-state index in [-0.39, 0.29) is 0 Å². The normalized spacial score (nSPS) is 55.3. The molecular weight excluding hydrogens is 176 g/mol. The van der Waals surface area contributed by atoms with Crippen LogP contribution >= 0.6 is 0 Å². The van der Waals surface area contributed by atoms with Crippen molar-refractivity contribution in [3.05, 3.63) is 0 Å². The molecule has 4 unspecified atom stereocenters. The van der Waals surface area contributed by atoms with Crippen LogP contribution in [-0.4, -0.2) is 23.4 Å². The molecule has 6 atom stereocenters. The zero-order valence-corrected chi connectivity index (χ0v) is 8.60. The molecule has 0 aliphatic heterocycles. The molecule has 3 saturated carbocycles. The average molecular weight is 196 g/mol. The number of aliphatic hydroxyl groups is 2. The third-order valence-electron chi connectivity index (χ3n) is 5.20. The maximum atomic E-state index is 9.28. The first kappa shape index (κ1) is 9.17. The van der Waals surface area contributed by atoms with Gasteiger partial charge in [0.25, 0.3) is 0 Å². The first-order valence-electron chi connectivity index (χ1n) is 6.05. The molecule has 2 bridgehead atoms. The number of rotatable bonds is 2. The van der Waals surface area contributed by atoms with E-state index in [2.05, 4.69) is 0 Å². The van der Waals surface area contributed by atoms with Crippen molar-refractivity contribution in [2.75, 3.05) is 13.2 Å². The van der Waals surface area contributed by atoms with Gasteiger partial charge in [0.15, 0.2) is 0 Å². The van der Waals surface area contributed by atoms with Gasteiger partial charge in [0.05, 0.1) is 0 Å². The molecule has 0 radical (unpaired) electrons. The molecule has 80 valence electrons. The molecule has 2 heteroatoms. The van der Waals surface area contributed by atoms with Gasteiger partial charge in [-0.1, -0.05) is 0 Å². The summed E-state index contributed by atoms with van der Waals surface area (Å²) in [6, 6.07) is 0. The Morgan fingerprint density at radius 3 is 2.29 bits per heavy atom. The summed E-state index contributed by atoms with van der Waals surface area (Å²) in [5.41, 5.74) is 0. The van der Waals surface area contributed by atoms with Gasteiger partial charge in [0.1, 0.15) is 0 Å². The first-order valence-corrected chi connectivity index (χ1v) is 6.05. The quantitative estimate of drug-likeness (QED) is 0.698. The minimum atomic E-state index is 0.385. The Bertz CT molecular complexity index is 226. The first-order chi connectivity index (χ1) is 6.83. The zero-order chi connectivity index (χ0) is 9.71. The Balaban J connectivity index is 1.75. The van der Waals surface area contributed by atoms with Crippen molar-refractivity contribution < 1.29 is 10.2 Å². The monoisotopic (exact) mass is 196 g/mol. The van der Waals surface area contributed by atoms with Gasteiger partial charge in [-0.3, -0.25) is 0 Å². The van der Waals surface area contributed by atoms with E-state index in [4.69, 9.17) is 0 Å². The van der Waals surface area contributed by atoms with Gasteiger partial charge in [-0.2, -0.15) is 0 Å². The van der Waals surface area contributed by atoms with Gasteiger partial charge in [-0.15, -0.1) is 0 Å². The van der Waals surface area contributed by atoms with Crippen LogP contribution in [0, 0.1) is 35.5 Å². The van der Waals surface area contributed by atoms with E-state index >= 15 is 0 Å². The Morgan fingerprint density at radius 2 is 1.57 bits per heavy atom. The Kier molecular flexibility index (Phi) is 2.10. The van der Waals surface area contributed by atoms with Crippen LogP contribution in [0.5, 0.6) is 0 Å². The molecule has 0 aromatic heterocycles. The van der Waals surface area contributed by atoms with E-state index in [9.17, 15) is 10.2 Å².